The van der Waals surface area contributed by atoms with Gasteiger partial charge in [0.05, 0.1) is 5.02 Å². The average molecular weight is 290 g/mol. The number of nitrogens with one attached hydrogen (secondary N) is 2. The summed E-state index contributed by atoms with van der Waals surface area (Å²) in [6.07, 6.45) is 0.381. The van der Waals surface area contributed by atoms with Gasteiger partial charge in [0.15, 0.2) is 5.11 Å². The van der Waals surface area contributed by atoms with Crippen LogP contribution in [0.25, 0.3) is 0 Å². The summed E-state index contributed by atoms with van der Waals surface area (Å²) in [4.78, 5) is 10.2. The highest BCUT2D eigenvalue weighted by molar-refractivity contribution is 7.80. The summed E-state index contributed by atoms with van der Waals surface area (Å²) < 4.78 is 12.9. The number of rotatable bonds is 5. The van der Waals surface area contributed by atoms with Crippen molar-refractivity contribution >= 4 is 40.6 Å². The molecule has 0 aliphatic heterocycles. The number of aliphatic carboxylic acids is 1. The van der Waals surface area contributed by atoms with Crippen molar-refractivity contribution in [1.82, 2.24) is 5.32 Å². The molecule has 1 rings (SSSR count). The van der Waals surface area contributed by atoms with E-state index in [-0.39, 0.29) is 11.4 Å². The van der Waals surface area contributed by atoms with E-state index < -0.39 is 11.8 Å². The van der Waals surface area contributed by atoms with E-state index in [1.165, 1.54) is 18.2 Å². The first kappa shape index (κ1) is 14.7. The first-order chi connectivity index (χ1) is 8.49. The van der Waals surface area contributed by atoms with E-state index in [9.17, 15) is 14.3 Å². The molecule has 0 atom stereocenters. The minimum Gasteiger partial charge on any atom is -0.550 e. The summed E-state index contributed by atoms with van der Waals surface area (Å²) in [7, 11) is 0. The molecule has 0 spiro atoms. The molecular formula is C11H11ClFN2O2S-. The van der Waals surface area contributed by atoms with Gasteiger partial charge in [-0.25, -0.2) is 4.39 Å². The van der Waals surface area contributed by atoms with Gasteiger partial charge in [-0.05, 0) is 43.3 Å². The first-order valence-electron chi connectivity index (χ1n) is 5.19. The molecule has 0 fully saturated rings. The molecule has 0 amide bonds. The lowest BCUT2D eigenvalue weighted by atomic mass is 10.3. The Morgan fingerprint density at radius 1 is 1.50 bits per heavy atom. The highest BCUT2D eigenvalue weighted by Gasteiger charge is 2.02. The Labute approximate surface area is 114 Å². The van der Waals surface area contributed by atoms with Crippen LogP contribution in [0.5, 0.6) is 0 Å². The van der Waals surface area contributed by atoms with Gasteiger partial charge in [-0.1, -0.05) is 11.6 Å². The topological polar surface area (TPSA) is 64.2 Å². The van der Waals surface area contributed by atoms with Crippen molar-refractivity contribution in [2.75, 3.05) is 11.9 Å². The molecule has 98 valence electrons. The Kier molecular flexibility index (Phi) is 5.80. The second-order valence-corrected chi connectivity index (χ2v) is 4.30. The minimum absolute atomic E-state index is 0.000230. The first-order valence-corrected chi connectivity index (χ1v) is 5.97. The monoisotopic (exact) mass is 289 g/mol. The van der Waals surface area contributed by atoms with Crippen LogP contribution in [0.4, 0.5) is 10.1 Å². The van der Waals surface area contributed by atoms with E-state index >= 15 is 0 Å². The zero-order valence-corrected chi connectivity index (χ0v) is 10.9. The van der Waals surface area contributed by atoms with Crippen LogP contribution < -0.4 is 15.7 Å². The minimum atomic E-state index is -1.10. The summed E-state index contributed by atoms with van der Waals surface area (Å²) in [6.45, 7) is 0.411. The molecule has 0 heterocycles. The zero-order valence-electron chi connectivity index (χ0n) is 9.33. The van der Waals surface area contributed by atoms with Crippen LogP contribution in [0.15, 0.2) is 18.2 Å². The third-order valence-corrected chi connectivity index (χ3v) is 2.56. The van der Waals surface area contributed by atoms with Gasteiger partial charge in [-0.2, -0.15) is 0 Å². The molecule has 2 N–H and O–H groups in total. The van der Waals surface area contributed by atoms with Gasteiger partial charge in [-0.15, -0.1) is 0 Å². The van der Waals surface area contributed by atoms with E-state index in [4.69, 9.17) is 23.8 Å². The molecule has 0 aliphatic rings. The Hall–Kier alpha value is -1.40. The highest BCUT2D eigenvalue weighted by atomic mass is 35.5. The number of carboxylic acid groups (broad SMARTS) is 1. The second-order valence-electron chi connectivity index (χ2n) is 3.49. The molecule has 0 unspecified atom stereocenters. The number of benzene rings is 1. The van der Waals surface area contributed by atoms with Gasteiger partial charge in [0.25, 0.3) is 0 Å². The normalized spacial score (nSPS) is 9.89. The quantitative estimate of drug-likeness (QED) is 0.632. The SMILES string of the molecule is O=C([O-])CCCNC(=S)Nc1ccc(F)c(Cl)c1. The lowest BCUT2D eigenvalue weighted by Gasteiger charge is -2.11. The maximum atomic E-state index is 12.9. The summed E-state index contributed by atoms with van der Waals surface area (Å²) in [5.41, 5.74) is 0.554. The van der Waals surface area contributed by atoms with Crippen LogP contribution in [0.3, 0.4) is 0 Å². The van der Waals surface area contributed by atoms with Crippen molar-refractivity contribution in [3.8, 4) is 0 Å². The van der Waals surface area contributed by atoms with Crippen LogP contribution in [-0.4, -0.2) is 17.6 Å². The molecule has 0 aliphatic carbocycles. The summed E-state index contributed by atoms with van der Waals surface area (Å²) in [5.74, 6) is -1.60. The molecule has 4 nitrogen and oxygen atoms in total. The Bertz CT molecular complexity index is 457. The molecule has 7 heteroatoms. The third kappa shape index (κ3) is 5.29. The molecule has 0 saturated carbocycles. The fourth-order valence-electron chi connectivity index (χ4n) is 1.18. The van der Waals surface area contributed by atoms with E-state index in [1.54, 1.807) is 0 Å². The average Bonchev–Trinajstić information content (AvgIpc) is 2.29. The fourth-order valence-corrected chi connectivity index (χ4v) is 1.58. The van der Waals surface area contributed by atoms with Crippen molar-refractivity contribution in [2.45, 2.75) is 12.8 Å². The smallest absolute Gasteiger partial charge is 0.170 e. The molecule has 0 bridgehead atoms. The Balaban J connectivity index is 2.35. The van der Waals surface area contributed by atoms with Gasteiger partial charge in [0.1, 0.15) is 5.82 Å². The van der Waals surface area contributed by atoms with Crippen molar-refractivity contribution < 1.29 is 14.3 Å². The molecule has 1 aromatic carbocycles. The third-order valence-electron chi connectivity index (χ3n) is 2.02. The molecule has 0 aromatic heterocycles. The number of carboxylic acids is 1. The lowest BCUT2D eigenvalue weighted by Crippen LogP contribution is -2.30. The van der Waals surface area contributed by atoms with E-state index in [0.29, 0.717) is 23.8 Å². The number of thiocarbonyl (C=S) groups is 1. The molecular weight excluding hydrogens is 279 g/mol. The van der Waals surface area contributed by atoms with Crippen LogP contribution in [0.1, 0.15) is 12.8 Å². The number of hydrogen-bond donors (Lipinski definition) is 2. The fraction of sp³-hybridized carbons (Fsp3) is 0.273. The molecule has 0 radical (unpaired) electrons. The standard InChI is InChI=1S/C11H12ClFN2O2S/c12-8-6-7(3-4-9(8)13)15-11(18)14-5-1-2-10(16)17/h3-4,6H,1-2,5H2,(H,16,17)(H2,14,15,18)/p-1. The zero-order chi connectivity index (χ0) is 13.5. The number of anilines is 1. The van der Waals surface area contributed by atoms with Crippen LogP contribution in [0, 0.1) is 5.82 Å². The summed E-state index contributed by atoms with van der Waals surface area (Å²) in [5, 5.41) is 16.1. The van der Waals surface area contributed by atoms with Crippen molar-refractivity contribution in [3.63, 3.8) is 0 Å². The van der Waals surface area contributed by atoms with Crippen LogP contribution in [0.2, 0.25) is 5.02 Å². The second kappa shape index (κ2) is 7.13. The van der Waals surface area contributed by atoms with E-state index in [1.807, 2.05) is 0 Å². The Morgan fingerprint density at radius 3 is 2.83 bits per heavy atom. The maximum absolute atomic E-state index is 12.9. The summed E-state index contributed by atoms with van der Waals surface area (Å²) >= 11 is 10.6. The van der Waals surface area contributed by atoms with Crippen LogP contribution in [-0.2, 0) is 4.79 Å². The number of hydrogen-bond acceptors (Lipinski definition) is 3. The van der Waals surface area contributed by atoms with Crippen molar-refractivity contribution in [1.29, 1.82) is 0 Å². The number of carbonyl (C=O) groups is 1. The predicted octanol–water partition coefficient (Wildman–Crippen LogP) is 1.30. The number of halogens is 2. The van der Waals surface area contributed by atoms with Crippen molar-refractivity contribution in [2.24, 2.45) is 0 Å². The molecule has 1 aromatic rings. The molecule has 18 heavy (non-hydrogen) atoms. The molecule has 0 saturated heterocycles. The largest absolute Gasteiger partial charge is 0.550 e. The van der Waals surface area contributed by atoms with Gasteiger partial charge in [-0.3, -0.25) is 0 Å². The van der Waals surface area contributed by atoms with E-state index in [2.05, 4.69) is 10.6 Å². The Morgan fingerprint density at radius 2 is 2.22 bits per heavy atom. The van der Waals surface area contributed by atoms with Gasteiger partial charge < -0.3 is 20.5 Å². The van der Waals surface area contributed by atoms with Gasteiger partial charge >= 0.3 is 0 Å². The lowest BCUT2D eigenvalue weighted by molar-refractivity contribution is -0.305. The van der Waals surface area contributed by atoms with E-state index in [0.717, 1.165) is 0 Å². The maximum Gasteiger partial charge on any atom is 0.170 e. The summed E-state index contributed by atoms with van der Waals surface area (Å²) in [6, 6.07) is 4.13. The van der Waals surface area contributed by atoms with Crippen LogP contribution >= 0.6 is 23.8 Å². The number of carbonyl (C=O) groups excluding carboxylic acids is 1. The van der Waals surface area contributed by atoms with Crippen molar-refractivity contribution in [3.05, 3.63) is 29.0 Å². The highest BCUT2D eigenvalue weighted by Crippen LogP contribution is 2.19. The van der Waals surface area contributed by atoms with Gasteiger partial charge in [0.2, 0.25) is 0 Å². The predicted molar refractivity (Wildman–Crippen MR) is 69.9 cm³/mol. The van der Waals surface area contributed by atoms with Gasteiger partial charge in [0, 0.05) is 18.2 Å².